The molecule has 0 aliphatic heterocycles. The zero-order valence-corrected chi connectivity index (χ0v) is 10.9. The number of halogens is 5. The van der Waals surface area contributed by atoms with E-state index in [2.05, 4.69) is 0 Å². The lowest BCUT2D eigenvalue weighted by Crippen LogP contribution is -2.45. The summed E-state index contributed by atoms with van der Waals surface area (Å²) in [5, 5.41) is 1.15. The molecule has 7 heteroatoms. The Bertz CT molecular complexity index is 653. The largest absolute Gasteiger partial charge is 0.497 e. The van der Waals surface area contributed by atoms with Crippen molar-refractivity contribution in [2.24, 2.45) is 5.73 Å². The van der Waals surface area contributed by atoms with Crippen molar-refractivity contribution < 1.29 is 26.7 Å². The van der Waals surface area contributed by atoms with E-state index in [-0.39, 0.29) is 5.56 Å². The van der Waals surface area contributed by atoms with E-state index in [1.165, 1.54) is 19.2 Å². The summed E-state index contributed by atoms with van der Waals surface area (Å²) in [5.74, 6) is -4.44. The second kappa shape index (κ2) is 5.14. The molecule has 1 unspecified atom stereocenters. The highest BCUT2D eigenvalue weighted by molar-refractivity contribution is 5.84. The first kappa shape index (κ1) is 15.5. The minimum absolute atomic E-state index is 0.282. The Morgan fingerprint density at radius 3 is 2.10 bits per heavy atom. The van der Waals surface area contributed by atoms with Crippen LogP contribution in [0.4, 0.5) is 22.0 Å². The first-order chi connectivity index (χ1) is 9.66. The second-order valence-corrected chi connectivity index (χ2v) is 4.57. The van der Waals surface area contributed by atoms with Gasteiger partial charge in [-0.25, -0.2) is 0 Å². The molecule has 1 atom stereocenters. The number of alkyl halides is 5. The molecule has 2 N–H and O–H groups in total. The number of rotatable bonds is 3. The van der Waals surface area contributed by atoms with Crippen molar-refractivity contribution in [2.75, 3.05) is 7.11 Å². The smallest absolute Gasteiger partial charge is 0.455 e. The SMILES string of the molecule is COc1ccc2cc(C(N)C(F)(F)C(F)(F)F)ccc2c1. The van der Waals surface area contributed by atoms with Crippen molar-refractivity contribution in [3.05, 3.63) is 42.0 Å². The summed E-state index contributed by atoms with van der Waals surface area (Å²) in [4.78, 5) is 0. The normalized spacial score (nSPS) is 14.2. The van der Waals surface area contributed by atoms with Crippen LogP contribution in [0.3, 0.4) is 0 Å². The Morgan fingerprint density at radius 2 is 1.52 bits per heavy atom. The highest BCUT2D eigenvalue weighted by Gasteiger charge is 2.61. The molecule has 0 aromatic heterocycles. The van der Waals surface area contributed by atoms with Crippen LogP contribution in [0, 0.1) is 0 Å². The number of hydrogen-bond donors (Lipinski definition) is 1. The topological polar surface area (TPSA) is 35.2 Å². The zero-order valence-electron chi connectivity index (χ0n) is 10.9. The van der Waals surface area contributed by atoms with Gasteiger partial charge in [-0.05, 0) is 34.5 Å². The van der Waals surface area contributed by atoms with Gasteiger partial charge >= 0.3 is 12.1 Å². The van der Waals surface area contributed by atoms with E-state index in [9.17, 15) is 22.0 Å². The van der Waals surface area contributed by atoms with Gasteiger partial charge in [0.25, 0.3) is 0 Å². The van der Waals surface area contributed by atoms with Crippen LogP contribution in [0.15, 0.2) is 36.4 Å². The van der Waals surface area contributed by atoms with Crippen LogP contribution in [0.5, 0.6) is 5.75 Å². The molecule has 0 radical (unpaired) electrons. The molecular formula is C14H12F5NO. The molecule has 0 spiro atoms. The lowest BCUT2D eigenvalue weighted by Gasteiger charge is -2.26. The molecule has 0 amide bonds. The highest BCUT2D eigenvalue weighted by Crippen LogP contribution is 2.43. The summed E-state index contributed by atoms with van der Waals surface area (Å²) in [7, 11) is 1.47. The highest BCUT2D eigenvalue weighted by atomic mass is 19.4. The van der Waals surface area contributed by atoms with E-state index in [0.717, 1.165) is 6.07 Å². The number of fused-ring (bicyclic) bond motifs is 1. The summed E-state index contributed by atoms with van der Waals surface area (Å²) < 4.78 is 68.5. The van der Waals surface area contributed by atoms with Gasteiger partial charge in [0.05, 0.1) is 7.11 Å². The van der Waals surface area contributed by atoms with Crippen LogP contribution in [-0.2, 0) is 0 Å². The van der Waals surface area contributed by atoms with Crippen molar-refractivity contribution in [3.8, 4) is 5.75 Å². The number of ether oxygens (including phenoxy) is 1. The molecule has 0 aliphatic carbocycles. The molecule has 2 rings (SSSR count). The fourth-order valence-electron chi connectivity index (χ4n) is 1.95. The van der Waals surface area contributed by atoms with Gasteiger partial charge in [-0.2, -0.15) is 22.0 Å². The first-order valence-electron chi connectivity index (χ1n) is 5.94. The predicted molar refractivity (Wildman–Crippen MR) is 68.4 cm³/mol. The fraction of sp³-hybridized carbons (Fsp3) is 0.286. The Labute approximate surface area is 117 Å². The maximum atomic E-state index is 13.3. The molecule has 2 aromatic rings. The number of hydrogen-bond acceptors (Lipinski definition) is 2. The third-order valence-corrected chi connectivity index (χ3v) is 3.20. The van der Waals surface area contributed by atoms with E-state index in [4.69, 9.17) is 10.5 Å². The number of methoxy groups -OCH3 is 1. The van der Waals surface area contributed by atoms with Crippen molar-refractivity contribution in [3.63, 3.8) is 0 Å². The minimum Gasteiger partial charge on any atom is -0.497 e. The van der Waals surface area contributed by atoms with Crippen LogP contribution >= 0.6 is 0 Å². The van der Waals surface area contributed by atoms with Gasteiger partial charge in [0.15, 0.2) is 0 Å². The average Bonchev–Trinajstić information content (AvgIpc) is 2.44. The molecule has 0 saturated heterocycles. The lowest BCUT2D eigenvalue weighted by molar-refractivity contribution is -0.290. The first-order valence-corrected chi connectivity index (χ1v) is 5.94. The van der Waals surface area contributed by atoms with Gasteiger partial charge in [-0.1, -0.05) is 18.2 Å². The summed E-state index contributed by atoms with van der Waals surface area (Å²) in [6.07, 6.45) is -5.69. The molecule has 0 heterocycles. The quantitative estimate of drug-likeness (QED) is 0.868. The van der Waals surface area contributed by atoms with Crippen LogP contribution < -0.4 is 10.5 Å². The van der Waals surface area contributed by atoms with Crippen molar-refractivity contribution in [2.45, 2.75) is 18.1 Å². The predicted octanol–water partition coefficient (Wildman–Crippen LogP) is 4.05. The Balaban J connectivity index is 2.43. The third kappa shape index (κ3) is 2.78. The Hall–Kier alpha value is -1.89. The third-order valence-electron chi connectivity index (χ3n) is 3.20. The molecule has 2 nitrogen and oxygen atoms in total. The molecule has 21 heavy (non-hydrogen) atoms. The van der Waals surface area contributed by atoms with E-state index in [1.807, 2.05) is 0 Å². The van der Waals surface area contributed by atoms with Crippen molar-refractivity contribution in [1.82, 2.24) is 0 Å². The summed E-state index contributed by atoms with van der Waals surface area (Å²) in [5.41, 5.74) is 4.83. The van der Waals surface area contributed by atoms with E-state index in [1.54, 1.807) is 18.2 Å². The number of benzene rings is 2. The maximum Gasteiger partial charge on any atom is 0.455 e. The fourth-order valence-corrected chi connectivity index (χ4v) is 1.95. The summed E-state index contributed by atoms with van der Waals surface area (Å²) >= 11 is 0. The summed E-state index contributed by atoms with van der Waals surface area (Å²) in [6.45, 7) is 0. The summed E-state index contributed by atoms with van der Waals surface area (Å²) in [6, 6.07) is 6.15. The molecule has 114 valence electrons. The average molecular weight is 305 g/mol. The maximum absolute atomic E-state index is 13.3. The monoisotopic (exact) mass is 305 g/mol. The van der Waals surface area contributed by atoms with Crippen LogP contribution in [0.2, 0.25) is 0 Å². The van der Waals surface area contributed by atoms with Gasteiger partial charge in [0.2, 0.25) is 0 Å². The van der Waals surface area contributed by atoms with Gasteiger partial charge in [-0.15, -0.1) is 0 Å². The van der Waals surface area contributed by atoms with Gasteiger partial charge < -0.3 is 10.5 Å². The Kier molecular flexibility index (Phi) is 3.79. The molecule has 0 aliphatic rings. The second-order valence-electron chi connectivity index (χ2n) is 4.57. The lowest BCUT2D eigenvalue weighted by atomic mass is 9.98. The van der Waals surface area contributed by atoms with Crippen LogP contribution in [0.25, 0.3) is 10.8 Å². The molecule has 0 saturated carbocycles. The molecular weight excluding hydrogens is 293 g/mol. The van der Waals surface area contributed by atoms with E-state index in [0.29, 0.717) is 16.5 Å². The van der Waals surface area contributed by atoms with Gasteiger partial charge in [0.1, 0.15) is 11.8 Å². The van der Waals surface area contributed by atoms with Crippen molar-refractivity contribution >= 4 is 10.8 Å². The van der Waals surface area contributed by atoms with E-state index < -0.39 is 18.1 Å². The van der Waals surface area contributed by atoms with Crippen LogP contribution in [-0.4, -0.2) is 19.2 Å². The molecule has 2 aromatic carbocycles. The van der Waals surface area contributed by atoms with Gasteiger partial charge in [0, 0.05) is 0 Å². The standard InChI is InChI=1S/C14H12F5NO/c1-21-11-5-4-8-6-10(3-2-9(8)7-11)12(20)13(15,16)14(17,18)19/h2-7,12H,20H2,1H3. The Morgan fingerprint density at radius 1 is 0.952 bits per heavy atom. The minimum atomic E-state index is -5.69. The van der Waals surface area contributed by atoms with Gasteiger partial charge in [-0.3, -0.25) is 0 Å². The molecule has 0 bridgehead atoms. The van der Waals surface area contributed by atoms with E-state index >= 15 is 0 Å². The number of nitrogens with two attached hydrogens (primary N) is 1. The zero-order chi connectivity index (χ0) is 15.8. The van der Waals surface area contributed by atoms with Crippen molar-refractivity contribution in [1.29, 1.82) is 0 Å². The molecule has 0 fully saturated rings. The van der Waals surface area contributed by atoms with Crippen LogP contribution in [0.1, 0.15) is 11.6 Å².